The van der Waals surface area contributed by atoms with Crippen molar-refractivity contribution in [3.05, 3.63) is 17.0 Å². The Labute approximate surface area is 90.7 Å². The van der Waals surface area contributed by atoms with Crippen LogP contribution in [0.5, 0.6) is 5.06 Å². The molecule has 80 valence electrons. The monoisotopic (exact) mass is 214 g/mol. The summed E-state index contributed by atoms with van der Waals surface area (Å²) >= 11 is 1.68. The molecule has 0 aromatic carbocycles. The third-order valence-corrected chi connectivity index (χ3v) is 2.88. The molecule has 0 aliphatic heterocycles. The van der Waals surface area contributed by atoms with Crippen molar-refractivity contribution in [2.24, 2.45) is 0 Å². The molecular weight excluding hydrogens is 194 g/mol. The van der Waals surface area contributed by atoms with Crippen molar-refractivity contribution < 1.29 is 9.22 Å². The van der Waals surface area contributed by atoms with E-state index in [-0.39, 0.29) is 0 Å². The first-order valence-electron chi connectivity index (χ1n) is 4.96. The highest BCUT2D eigenvalue weighted by molar-refractivity contribution is 7.11. The van der Waals surface area contributed by atoms with Gasteiger partial charge in [-0.3, -0.25) is 0 Å². The second-order valence-electron chi connectivity index (χ2n) is 4.66. The molecule has 0 atom stereocenters. The first kappa shape index (κ1) is 11.5. The Morgan fingerprint density at radius 2 is 2.07 bits per heavy atom. The average molecular weight is 214 g/mol. The van der Waals surface area contributed by atoms with Gasteiger partial charge in [0.2, 0.25) is 0 Å². The number of quaternary nitrogens is 1. The van der Waals surface area contributed by atoms with Gasteiger partial charge in [-0.2, -0.15) is 0 Å². The quantitative estimate of drug-likeness (QED) is 0.540. The molecular formula is C11H20NOS+. The Balaban J connectivity index is 2.16. The van der Waals surface area contributed by atoms with Gasteiger partial charge in [-0.25, -0.2) is 0 Å². The van der Waals surface area contributed by atoms with E-state index >= 15 is 0 Å². The second kappa shape index (κ2) is 4.80. The largest absolute Gasteiger partial charge is 0.484 e. The van der Waals surface area contributed by atoms with Gasteiger partial charge in [-0.15, -0.1) is 11.3 Å². The second-order valence-corrected chi connectivity index (χ2v) is 5.53. The minimum Gasteiger partial charge on any atom is -0.484 e. The Hall–Kier alpha value is -0.540. The molecule has 0 N–H and O–H groups in total. The van der Waals surface area contributed by atoms with E-state index in [9.17, 15) is 0 Å². The first-order valence-corrected chi connectivity index (χ1v) is 5.84. The van der Waals surface area contributed by atoms with E-state index in [1.165, 1.54) is 5.56 Å². The van der Waals surface area contributed by atoms with Crippen LogP contribution in [0, 0.1) is 6.92 Å². The molecule has 0 aliphatic carbocycles. The molecule has 0 bridgehead atoms. The van der Waals surface area contributed by atoms with E-state index in [0.717, 1.165) is 29.1 Å². The summed E-state index contributed by atoms with van der Waals surface area (Å²) in [6.45, 7) is 4.08. The van der Waals surface area contributed by atoms with Crippen molar-refractivity contribution in [1.29, 1.82) is 0 Å². The number of thiophene rings is 1. The zero-order chi connectivity index (χ0) is 10.6. The highest BCUT2D eigenvalue weighted by Crippen LogP contribution is 2.22. The molecule has 0 saturated heterocycles. The van der Waals surface area contributed by atoms with Crippen molar-refractivity contribution >= 4 is 11.3 Å². The van der Waals surface area contributed by atoms with Crippen LogP contribution in [0.15, 0.2) is 11.4 Å². The lowest BCUT2D eigenvalue weighted by atomic mass is 10.4. The van der Waals surface area contributed by atoms with Crippen LogP contribution in [0.3, 0.4) is 0 Å². The zero-order valence-electron chi connectivity index (χ0n) is 9.54. The lowest BCUT2D eigenvalue weighted by Gasteiger charge is -2.23. The van der Waals surface area contributed by atoms with E-state index in [1.807, 2.05) is 0 Å². The number of hydrogen-bond acceptors (Lipinski definition) is 2. The van der Waals surface area contributed by atoms with Gasteiger partial charge in [0.15, 0.2) is 5.06 Å². The van der Waals surface area contributed by atoms with Crippen LogP contribution in [-0.2, 0) is 0 Å². The molecule has 0 spiro atoms. The predicted molar refractivity (Wildman–Crippen MR) is 62.1 cm³/mol. The van der Waals surface area contributed by atoms with E-state index in [1.54, 1.807) is 11.3 Å². The van der Waals surface area contributed by atoms with E-state index in [4.69, 9.17) is 4.74 Å². The summed E-state index contributed by atoms with van der Waals surface area (Å²) in [6, 6.07) is 2.09. The van der Waals surface area contributed by atoms with Crippen molar-refractivity contribution in [2.75, 3.05) is 34.3 Å². The SMILES string of the molecule is Cc1csc(OCCC[N+](C)(C)C)c1. The van der Waals surface area contributed by atoms with Crippen LogP contribution >= 0.6 is 11.3 Å². The number of aryl methyl sites for hydroxylation is 1. The van der Waals surface area contributed by atoms with Crippen molar-refractivity contribution in [3.8, 4) is 5.06 Å². The van der Waals surface area contributed by atoms with Gasteiger partial charge >= 0.3 is 0 Å². The van der Waals surface area contributed by atoms with E-state index in [0.29, 0.717) is 0 Å². The summed E-state index contributed by atoms with van der Waals surface area (Å²) in [5.74, 6) is 0. The van der Waals surface area contributed by atoms with Crippen LogP contribution in [0.2, 0.25) is 0 Å². The van der Waals surface area contributed by atoms with Gasteiger partial charge in [0.1, 0.15) is 0 Å². The van der Waals surface area contributed by atoms with E-state index in [2.05, 4.69) is 39.5 Å². The van der Waals surface area contributed by atoms with E-state index < -0.39 is 0 Å². The number of nitrogens with zero attached hydrogens (tertiary/aromatic N) is 1. The molecule has 1 rings (SSSR count). The molecule has 2 nitrogen and oxygen atoms in total. The Bertz CT molecular complexity index is 275. The summed E-state index contributed by atoms with van der Waals surface area (Å²) in [6.07, 6.45) is 1.11. The Kier molecular flexibility index (Phi) is 3.96. The van der Waals surface area contributed by atoms with Gasteiger partial charge in [-0.1, -0.05) is 0 Å². The molecule has 1 aromatic heterocycles. The molecule has 0 saturated carbocycles. The maximum atomic E-state index is 5.63. The average Bonchev–Trinajstić information content (AvgIpc) is 2.44. The maximum absolute atomic E-state index is 5.63. The summed E-state index contributed by atoms with van der Waals surface area (Å²) < 4.78 is 6.64. The number of hydrogen-bond donors (Lipinski definition) is 0. The number of ether oxygens (including phenoxy) is 1. The zero-order valence-corrected chi connectivity index (χ0v) is 10.4. The normalized spacial score (nSPS) is 11.7. The minimum atomic E-state index is 0.829. The molecule has 0 amide bonds. The standard InChI is InChI=1S/C11H20NOS/c1-10-8-11(14-9-10)13-7-5-6-12(2,3)4/h8-9H,5-7H2,1-4H3/q+1. The molecule has 0 aliphatic rings. The molecule has 1 heterocycles. The van der Waals surface area contributed by atoms with Gasteiger partial charge < -0.3 is 9.22 Å². The van der Waals surface area contributed by atoms with Crippen molar-refractivity contribution in [1.82, 2.24) is 0 Å². The molecule has 0 radical (unpaired) electrons. The smallest absolute Gasteiger partial charge is 0.173 e. The fraction of sp³-hybridized carbons (Fsp3) is 0.636. The lowest BCUT2D eigenvalue weighted by Crippen LogP contribution is -2.35. The first-order chi connectivity index (χ1) is 6.47. The van der Waals surface area contributed by atoms with Gasteiger partial charge in [0.25, 0.3) is 0 Å². The topological polar surface area (TPSA) is 9.23 Å². The van der Waals surface area contributed by atoms with Crippen molar-refractivity contribution in [3.63, 3.8) is 0 Å². The molecule has 0 unspecified atom stereocenters. The highest BCUT2D eigenvalue weighted by atomic mass is 32.1. The summed E-state index contributed by atoms with van der Waals surface area (Å²) in [7, 11) is 6.61. The van der Waals surface area contributed by atoms with Crippen LogP contribution in [0.4, 0.5) is 0 Å². The maximum Gasteiger partial charge on any atom is 0.173 e. The van der Waals surface area contributed by atoms with Crippen LogP contribution in [-0.4, -0.2) is 38.8 Å². The van der Waals surface area contributed by atoms with Gasteiger partial charge in [0, 0.05) is 6.42 Å². The number of rotatable bonds is 5. The Morgan fingerprint density at radius 1 is 1.36 bits per heavy atom. The summed E-state index contributed by atoms with van der Waals surface area (Å²) in [5, 5.41) is 3.17. The van der Waals surface area contributed by atoms with Gasteiger partial charge in [-0.05, 0) is 23.9 Å². The molecule has 14 heavy (non-hydrogen) atoms. The lowest BCUT2D eigenvalue weighted by molar-refractivity contribution is -0.870. The fourth-order valence-corrected chi connectivity index (χ4v) is 1.97. The Morgan fingerprint density at radius 3 is 2.57 bits per heavy atom. The van der Waals surface area contributed by atoms with Crippen molar-refractivity contribution in [2.45, 2.75) is 13.3 Å². The third-order valence-electron chi connectivity index (χ3n) is 1.92. The van der Waals surface area contributed by atoms with Gasteiger partial charge in [0.05, 0.1) is 34.3 Å². The minimum absolute atomic E-state index is 0.829. The highest BCUT2D eigenvalue weighted by Gasteiger charge is 2.06. The molecule has 1 aromatic rings. The van der Waals surface area contributed by atoms with Crippen LogP contribution < -0.4 is 4.74 Å². The summed E-state index contributed by atoms with van der Waals surface area (Å²) in [5.41, 5.74) is 1.29. The fourth-order valence-electron chi connectivity index (χ4n) is 1.19. The summed E-state index contributed by atoms with van der Waals surface area (Å²) in [4.78, 5) is 0. The molecule has 0 fully saturated rings. The molecule has 3 heteroatoms. The third kappa shape index (κ3) is 4.63. The van der Waals surface area contributed by atoms with Crippen LogP contribution in [0.25, 0.3) is 0 Å². The predicted octanol–water partition coefficient (Wildman–Crippen LogP) is 2.53. The van der Waals surface area contributed by atoms with Crippen LogP contribution in [0.1, 0.15) is 12.0 Å².